The van der Waals surface area contributed by atoms with Crippen LogP contribution in [0.5, 0.6) is 0 Å². The number of nitrogens with zero attached hydrogens (tertiary/aromatic N) is 3. The molecule has 2 aromatic carbocycles. The highest BCUT2D eigenvalue weighted by Gasteiger charge is 2.19. The fraction of sp³-hybridized carbons (Fsp3) is 0.261. The molecular weight excluding hydrogens is 364 g/mol. The van der Waals surface area contributed by atoms with Crippen molar-refractivity contribution < 1.29 is 9.59 Å². The van der Waals surface area contributed by atoms with Crippen molar-refractivity contribution in [1.29, 1.82) is 0 Å². The van der Waals surface area contributed by atoms with Crippen LogP contribution in [0.15, 0.2) is 67.0 Å². The summed E-state index contributed by atoms with van der Waals surface area (Å²) < 4.78 is 1.77. The van der Waals surface area contributed by atoms with Gasteiger partial charge in [0.15, 0.2) is 0 Å². The first-order valence-electron chi connectivity index (χ1n) is 9.89. The summed E-state index contributed by atoms with van der Waals surface area (Å²) in [5, 5.41) is 7.30. The lowest BCUT2D eigenvalue weighted by molar-refractivity contribution is -0.128. The number of carbonyl (C=O) groups is 2. The van der Waals surface area contributed by atoms with Crippen LogP contribution in [0.2, 0.25) is 0 Å². The summed E-state index contributed by atoms with van der Waals surface area (Å²) in [6.45, 7) is 1.93. The average molecular weight is 388 g/mol. The first-order valence-corrected chi connectivity index (χ1v) is 9.89. The van der Waals surface area contributed by atoms with E-state index in [0.717, 1.165) is 35.3 Å². The number of hydrogen-bond donors (Lipinski definition) is 1. The number of benzene rings is 2. The van der Waals surface area contributed by atoms with Gasteiger partial charge in [0.25, 0.3) is 0 Å². The van der Waals surface area contributed by atoms with E-state index in [9.17, 15) is 9.59 Å². The van der Waals surface area contributed by atoms with Gasteiger partial charge in [-0.3, -0.25) is 9.59 Å². The quantitative estimate of drug-likeness (QED) is 0.677. The lowest BCUT2D eigenvalue weighted by Gasteiger charge is -2.16. The largest absolute Gasteiger partial charge is 0.352 e. The van der Waals surface area contributed by atoms with E-state index >= 15 is 0 Å². The Balaban J connectivity index is 1.30. The van der Waals surface area contributed by atoms with Crippen molar-refractivity contribution in [2.45, 2.75) is 32.4 Å². The molecule has 3 aromatic rings. The molecular formula is C23H24N4O2. The molecule has 1 aliphatic heterocycles. The minimum absolute atomic E-state index is 0.0438. The van der Waals surface area contributed by atoms with Gasteiger partial charge >= 0.3 is 0 Å². The van der Waals surface area contributed by atoms with Crippen molar-refractivity contribution in [3.63, 3.8) is 0 Å². The standard InChI is InChI=1S/C23H24N4O2/c28-22(13-20-15-25-27(17-20)21-8-2-1-3-9-21)24-14-18-6-4-7-19(12-18)16-26-11-5-10-23(26)29/h1-4,6-9,12,15,17H,5,10-11,13-14,16H2,(H,24,28). The summed E-state index contributed by atoms with van der Waals surface area (Å²) in [5.41, 5.74) is 3.96. The summed E-state index contributed by atoms with van der Waals surface area (Å²) in [4.78, 5) is 26.0. The molecule has 6 heteroatoms. The van der Waals surface area contributed by atoms with E-state index < -0.39 is 0 Å². The van der Waals surface area contributed by atoms with Gasteiger partial charge in [0.1, 0.15) is 0 Å². The molecule has 148 valence electrons. The van der Waals surface area contributed by atoms with Crippen molar-refractivity contribution in [2.75, 3.05) is 6.54 Å². The van der Waals surface area contributed by atoms with E-state index in [-0.39, 0.29) is 18.2 Å². The van der Waals surface area contributed by atoms with Crippen molar-refractivity contribution >= 4 is 11.8 Å². The Labute approximate surface area is 170 Å². The van der Waals surface area contributed by atoms with Crippen LogP contribution in [0.4, 0.5) is 0 Å². The Morgan fingerprint density at radius 2 is 1.86 bits per heavy atom. The molecule has 1 aromatic heterocycles. The smallest absolute Gasteiger partial charge is 0.224 e. The van der Waals surface area contributed by atoms with Gasteiger partial charge < -0.3 is 10.2 Å². The van der Waals surface area contributed by atoms with Crippen molar-refractivity contribution in [2.24, 2.45) is 0 Å². The van der Waals surface area contributed by atoms with Gasteiger partial charge in [0.2, 0.25) is 11.8 Å². The fourth-order valence-electron chi connectivity index (χ4n) is 3.55. The Morgan fingerprint density at radius 3 is 2.66 bits per heavy atom. The van der Waals surface area contributed by atoms with Crippen molar-refractivity contribution in [1.82, 2.24) is 20.0 Å². The number of para-hydroxylation sites is 1. The van der Waals surface area contributed by atoms with Gasteiger partial charge in [-0.05, 0) is 35.2 Å². The molecule has 0 bridgehead atoms. The second kappa shape index (κ2) is 8.73. The van der Waals surface area contributed by atoms with Crippen LogP contribution in [0.3, 0.4) is 0 Å². The van der Waals surface area contributed by atoms with Crippen LogP contribution in [-0.4, -0.2) is 33.0 Å². The molecule has 0 spiro atoms. The van der Waals surface area contributed by atoms with E-state index in [1.165, 1.54) is 0 Å². The number of rotatable bonds is 7. The van der Waals surface area contributed by atoms with E-state index in [0.29, 0.717) is 19.5 Å². The normalized spacial score (nSPS) is 13.7. The Hall–Kier alpha value is -3.41. The Kier molecular flexibility index (Phi) is 5.70. The predicted octanol–water partition coefficient (Wildman–Crippen LogP) is 2.85. The monoisotopic (exact) mass is 388 g/mol. The molecule has 0 unspecified atom stereocenters. The Bertz CT molecular complexity index is 997. The zero-order chi connectivity index (χ0) is 20.1. The number of carbonyl (C=O) groups excluding carboxylic acids is 2. The zero-order valence-corrected chi connectivity index (χ0v) is 16.3. The van der Waals surface area contributed by atoms with Gasteiger partial charge in [-0.1, -0.05) is 42.5 Å². The molecule has 0 atom stereocenters. The van der Waals surface area contributed by atoms with Crippen LogP contribution in [-0.2, 0) is 29.1 Å². The third kappa shape index (κ3) is 4.90. The Morgan fingerprint density at radius 1 is 1.03 bits per heavy atom. The SMILES string of the molecule is O=C(Cc1cnn(-c2ccccc2)c1)NCc1cccc(CN2CCCC2=O)c1. The van der Waals surface area contributed by atoms with E-state index in [1.807, 2.05) is 59.6 Å². The molecule has 2 heterocycles. The van der Waals surface area contributed by atoms with Gasteiger partial charge in [0.05, 0.1) is 18.3 Å². The molecule has 0 aliphatic carbocycles. The third-order valence-electron chi connectivity index (χ3n) is 5.05. The van der Waals surface area contributed by atoms with Gasteiger partial charge in [-0.25, -0.2) is 4.68 Å². The number of aromatic nitrogens is 2. The highest BCUT2D eigenvalue weighted by Crippen LogP contribution is 2.15. The highest BCUT2D eigenvalue weighted by atomic mass is 16.2. The van der Waals surface area contributed by atoms with Crippen LogP contribution < -0.4 is 5.32 Å². The fourth-order valence-corrected chi connectivity index (χ4v) is 3.55. The average Bonchev–Trinajstić information content (AvgIpc) is 3.37. The van der Waals surface area contributed by atoms with Crippen molar-refractivity contribution in [3.05, 3.63) is 83.7 Å². The zero-order valence-electron chi connectivity index (χ0n) is 16.3. The molecule has 29 heavy (non-hydrogen) atoms. The molecule has 0 saturated carbocycles. The summed E-state index contributed by atoms with van der Waals surface area (Å²) in [6.07, 6.45) is 5.48. The van der Waals surface area contributed by atoms with Gasteiger partial charge in [0, 0.05) is 32.3 Å². The van der Waals surface area contributed by atoms with E-state index in [4.69, 9.17) is 0 Å². The van der Waals surface area contributed by atoms with Crippen LogP contribution >= 0.6 is 0 Å². The molecule has 6 nitrogen and oxygen atoms in total. The summed E-state index contributed by atoms with van der Waals surface area (Å²) in [5.74, 6) is 0.178. The minimum Gasteiger partial charge on any atom is -0.352 e. The van der Waals surface area contributed by atoms with E-state index in [2.05, 4.69) is 16.5 Å². The van der Waals surface area contributed by atoms with Gasteiger partial charge in [-0.15, -0.1) is 0 Å². The first kappa shape index (κ1) is 18.9. The number of hydrogen-bond acceptors (Lipinski definition) is 3. The van der Waals surface area contributed by atoms with Gasteiger partial charge in [-0.2, -0.15) is 5.10 Å². The molecule has 1 fully saturated rings. The minimum atomic E-state index is -0.0438. The maximum absolute atomic E-state index is 12.3. The lowest BCUT2D eigenvalue weighted by atomic mass is 10.1. The molecule has 1 N–H and O–H groups in total. The van der Waals surface area contributed by atoms with Crippen LogP contribution in [0, 0.1) is 0 Å². The lowest BCUT2D eigenvalue weighted by Crippen LogP contribution is -2.25. The second-order valence-corrected chi connectivity index (χ2v) is 7.32. The van der Waals surface area contributed by atoms with Crippen LogP contribution in [0.1, 0.15) is 29.5 Å². The number of likely N-dealkylation sites (tertiary alicyclic amines) is 1. The van der Waals surface area contributed by atoms with E-state index in [1.54, 1.807) is 10.9 Å². The molecule has 2 amide bonds. The maximum Gasteiger partial charge on any atom is 0.224 e. The third-order valence-corrected chi connectivity index (χ3v) is 5.05. The maximum atomic E-state index is 12.3. The highest BCUT2D eigenvalue weighted by molar-refractivity contribution is 5.78. The predicted molar refractivity (Wildman–Crippen MR) is 110 cm³/mol. The number of nitrogens with one attached hydrogen (secondary N) is 1. The van der Waals surface area contributed by atoms with Crippen molar-refractivity contribution in [3.8, 4) is 5.69 Å². The molecule has 4 rings (SSSR count). The summed E-state index contributed by atoms with van der Waals surface area (Å²) in [7, 11) is 0. The topological polar surface area (TPSA) is 67.2 Å². The number of amides is 2. The molecule has 1 saturated heterocycles. The van der Waals surface area contributed by atoms with Crippen LogP contribution in [0.25, 0.3) is 5.69 Å². The molecule has 0 radical (unpaired) electrons. The second-order valence-electron chi connectivity index (χ2n) is 7.32. The molecule has 1 aliphatic rings. The summed E-state index contributed by atoms with van der Waals surface area (Å²) >= 11 is 0. The first-order chi connectivity index (χ1) is 14.2. The summed E-state index contributed by atoms with van der Waals surface area (Å²) in [6, 6.07) is 17.9.